The number of aromatic nitrogens is 1. The molecule has 1 aromatic rings. The molecule has 0 N–H and O–H groups in total. The van der Waals surface area contributed by atoms with Crippen LogP contribution in [0.1, 0.15) is 23.2 Å². The number of hydrogen-bond donors (Lipinski definition) is 0. The summed E-state index contributed by atoms with van der Waals surface area (Å²) in [6.07, 6.45) is -2.67. The van der Waals surface area contributed by atoms with E-state index in [9.17, 15) is 8.78 Å². The van der Waals surface area contributed by atoms with Gasteiger partial charge >= 0.3 is 0 Å². The number of halogens is 4. The molecule has 0 radical (unpaired) electrons. The second kappa shape index (κ2) is 4.98. The number of hydrogen-bond acceptors (Lipinski definition) is 2. The molecule has 0 bridgehead atoms. The molecule has 1 aromatic heterocycles. The summed E-state index contributed by atoms with van der Waals surface area (Å²) in [7, 11) is 0. The highest BCUT2D eigenvalue weighted by atomic mass is 127. The first kappa shape index (κ1) is 11.8. The van der Waals surface area contributed by atoms with Crippen LogP contribution in [-0.2, 0) is 5.33 Å². The molecular weight excluding hydrogens is 369 g/mol. The van der Waals surface area contributed by atoms with E-state index in [1.165, 1.54) is 6.07 Å². The van der Waals surface area contributed by atoms with Crippen molar-refractivity contribution in [3.63, 3.8) is 0 Å². The van der Waals surface area contributed by atoms with Crippen LogP contribution in [0.5, 0.6) is 0 Å². The Morgan fingerprint density at radius 3 is 2.71 bits per heavy atom. The first-order chi connectivity index (χ1) is 6.60. The fourth-order valence-corrected chi connectivity index (χ4v) is 2.04. The second-order valence-electron chi connectivity index (χ2n) is 2.40. The van der Waals surface area contributed by atoms with Crippen LogP contribution in [0, 0.1) is 15.0 Å². The summed E-state index contributed by atoms with van der Waals surface area (Å²) in [5.41, 5.74) is -0.0536. The van der Waals surface area contributed by atoms with Crippen LogP contribution in [-0.4, -0.2) is 4.98 Å². The van der Waals surface area contributed by atoms with Crippen molar-refractivity contribution in [3.8, 4) is 6.07 Å². The summed E-state index contributed by atoms with van der Waals surface area (Å²) >= 11 is 4.96. The van der Waals surface area contributed by atoms with E-state index in [0.29, 0.717) is 3.70 Å². The van der Waals surface area contributed by atoms with Gasteiger partial charge in [0, 0.05) is 5.33 Å². The van der Waals surface area contributed by atoms with Gasteiger partial charge in [0.05, 0.1) is 22.9 Å². The largest absolute Gasteiger partial charge is 0.266 e. The lowest BCUT2D eigenvalue weighted by Crippen LogP contribution is -2.01. The standard InChI is InChI=1S/C8H4BrF2IN2/c9-2-5-7(8(10)11)4(3-13)1-6(12)14-5/h1,8H,2H2. The summed E-state index contributed by atoms with van der Waals surface area (Å²) in [5, 5.41) is 8.90. The van der Waals surface area contributed by atoms with Crippen LogP contribution in [0.3, 0.4) is 0 Å². The van der Waals surface area contributed by atoms with Crippen LogP contribution in [0.25, 0.3) is 0 Å². The van der Waals surface area contributed by atoms with Crippen LogP contribution < -0.4 is 0 Å². The Morgan fingerprint density at radius 1 is 1.64 bits per heavy atom. The molecule has 0 aliphatic carbocycles. The topological polar surface area (TPSA) is 36.7 Å². The lowest BCUT2D eigenvalue weighted by atomic mass is 10.1. The number of alkyl halides is 3. The van der Waals surface area contributed by atoms with Gasteiger partial charge in [-0.1, -0.05) is 15.9 Å². The number of pyridine rings is 1. The number of rotatable bonds is 2. The summed E-state index contributed by atoms with van der Waals surface area (Å²) in [5.74, 6) is 0. The van der Waals surface area contributed by atoms with Crippen molar-refractivity contribution >= 4 is 38.5 Å². The Balaban J connectivity index is 3.42. The van der Waals surface area contributed by atoms with E-state index in [4.69, 9.17) is 5.26 Å². The average molecular weight is 373 g/mol. The Kier molecular flexibility index (Phi) is 4.19. The third kappa shape index (κ3) is 2.39. The molecule has 0 aliphatic rings. The zero-order valence-corrected chi connectivity index (χ0v) is 10.5. The Labute approximate surface area is 102 Å². The van der Waals surface area contributed by atoms with E-state index >= 15 is 0 Å². The lowest BCUT2D eigenvalue weighted by Gasteiger charge is -2.07. The molecule has 0 saturated heterocycles. The van der Waals surface area contributed by atoms with E-state index in [1.807, 2.05) is 22.6 Å². The average Bonchev–Trinajstić information content (AvgIpc) is 2.15. The van der Waals surface area contributed by atoms with Gasteiger partial charge in [-0.25, -0.2) is 13.8 Å². The van der Waals surface area contributed by atoms with E-state index in [0.717, 1.165) is 0 Å². The highest BCUT2D eigenvalue weighted by Gasteiger charge is 2.19. The van der Waals surface area contributed by atoms with Gasteiger partial charge in [-0.05, 0) is 28.7 Å². The van der Waals surface area contributed by atoms with Crippen LogP contribution in [0.4, 0.5) is 8.78 Å². The molecule has 2 nitrogen and oxygen atoms in total. The molecule has 0 fully saturated rings. The third-order valence-corrected chi connectivity index (χ3v) is 2.66. The van der Waals surface area contributed by atoms with Crippen molar-refractivity contribution in [3.05, 3.63) is 26.6 Å². The van der Waals surface area contributed by atoms with Crippen LogP contribution in [0.15, 0.2) is 6.07 Å². The minimum Gasteiger partial charge on any atom is -0.245 e. The Morgan fingerprint density at radius 2 is 2.29 bits per heavy atom. The summed E-state index contributed by atoms with van der Waals surface area (Å²) in [6.45, 7) is 0. The van der Waals surface area contributed by atoms with Gasteiger partial charge in [-0.2, -0.15) is 5.26 Å². The van der Waals surface area contributed by atoms with E-state index < -0.39 is 6.43 Å². The minimum absolute atomic E-state index is 0.00569. The van der Waals surface area contributed by atoms with Gasteiger partial charge in [0.25, 0.3) is 6.43 Å². The van der Waals surface area contributed by atoms with E-state index in [-0.39, 0.29) is 22.2 Å². The molecule has 0 atom stereocenters. The van der Waals surface area contributed by atoms with Gasteiger partial charge in [0.2, 0.25) is 0 Å². The monoisotopic (exact) mass is 372 g/mol. The Bertz CT molecular complexity index is 390. The maximum atomic E-state index is 12.6. The molecule has 0 aliphatic heterocycles. The molecule has 74 valence electrons. The minimum atomic E-state index is -2.67. The van der Waals surface area contributed by atoms with Crippen molar-refractivity contribution in [1.29, 1.82) is 5.26 Å². The number of nitriles is 1. The third-order valence-electron chi connectivity index (χ3n) is 1.57. The van der Waals surface area contributed by atoms with Crippen LogP contribution >= 0.6 is 38.5 Å². The summed E-state index contributed by atoms with van der Waals surface area (Å²) < 4.78 is 25.7. The van der Waals surface area contributed by atoms with Crippen molar-refractivity contribution in [1.82, 2.24) is 4.98 Å². The van der Waals surface area contributed by atoms with Gasteiger partial charge in [0.15, 0.2) is 0 Å². The first-order valence-corrected chi connectivity index (χ1v) is 5.73. The maximum absolute atomic E-state index is 12.6. The predicted molar refractivity (Wildman–Crippen MR) is 59.3 cm³/mol. The molecule has 0 spiro atoms. The van der Waals surface area contributed by atoms with Gasteiger partial charge < -0.3 is 0 Å². The highest BCUT2D eigenvalue weighted by molar-refractivity contribution is 14.1. The fourth-order valence-electron chi connectivity index (χ4n) is 1.01. The maximum Gasteiger partial charge on any atom is 0.266 e. The van der Waals surface area contributed by atoms with Crippen molar-refractivity contribution in [2.75, 3.05) is 0 Å². The summed E-state index contributed by atoms with van der Waals surface area (Å²) in [4.78, 5) is 3.93. The molecule has 1 heterocycles. The van der Waals surface area contributed by atoms with Crippen molar-refractivity contribution in [2.45, 2.75) is 11.8 Å². The first-order valence-electron chi connectivity index (χ1n) is 3.53. The van der Waals surface area contributed by atoms with Gasteiger partial charge in [0.1, 0.15) is 3.70 Å². The molecule has 1 rings (SSSR count). The highest BCUT2D eigenvalue weighted by Crippen LogP contribution is 2.27. The van der Waals surface area contributed by atoms with Gasteiger partial charge in [-0.15, -0.1) is 0 Å². The molecule has 0 amide bonds. The zero-order valence-electron chi connectivity index (χ0n) is 6.77. The SMILES string of the molecule is N#Cc1cc(I)nc(CBr)c1C(F)F. The normalized spacial score (nSPS) is 10.3. The Hall–Kier alpha value is -0.290. The molecule has 0 aromatic carbocycles. The molecule has 14 heavy (non-hydrogen) atoms. The fraction of sp³-hybridized carbons (Fsp3) is 0.250. The zero-order chi connectivity index (χ0) is 10.7. The van der Waals surface area contributed by atoms with E-state index in [1.54, 1.807) is 6.07 Å². The van der Waals surface area contributed by atoms with Crippen LogP contribution in [0.2, 0.25) is 0 Å². The van der Waals surface area contributed by atoms with Gasteiger partial charge in [-0.3, -0.25) is 0 Å². The molecule has 0 saturated carbocycles. The molecule has 0 unspecified atom stereocenters. The molecular formula is C8H4BrF2IN2. The summed E-state index contributed by atoms with van der Waals surface area (Å²) in [6, 6.07) is 3.10. The molecule has 6 heteroatoms. The van der Waals surface area contributed by atoms with Crippen molar-refractivity contribution < 1.29 is 8.78 Å². The number of nitrogens with zero attached hydrogens (tertiary/aromatic N) is 2. The predicted octanol–water partition coefficient (Wildman–Crippen LogP) is 3.39. The lowest BCUT2D eigenvalue weighted by molar-refractivity contribution is 0.149. The van der Waals surface area contributed by atoms with Crippen molar-refractivity contribution in [2.24, 2.45) is 0 Å². The quantitative estimate of drug-likeness (QED) is 0.453. The smallest absolute Gasteiger partial charge is 0.245 e. The second-order valence-corrected chi connectivity index (χ2v) is 4.07. The van der Waals surface area contributed by atoms with E-state index in [2.05, 4.69) is 20.9 Å².